The molecule has 0 radical (unpaired) electrons. The number of ether oxygens (including phenoxy) is 1. The summed E-state index contributed by atoms with van der Waals surface area (Å²) in [5.41, 5.74) is 2.22. The van der Waals surface area contributed by atoms with E-state index in [1.54, 1.807) is 13.4 Å². The van der Waals surface area contributed by atoms with Gasteiger partial charge in [-0.05, 0) is 19.4 Å². The quantitative estimate of drug-likeness (QED) is 0.761. The van der Waals surface area contributed by atoms with E-state index in [2.05, 4.69) is 14.9 Å². The molecule has 0 saturated heterocycles. The average Bonchev–Trinajstić information content (AvgIpc) is 2.38. The SMILES string of the molecule is COc1ncnc2c1CN(CCCCO)CC2. The summed E-state index contributed by atoms with van der Waals surface area (Å²) in [5, 5.41) is 8.78. The standard InChI is InChI=1S/C12H19N3O2/c1-17-12-10-8-15(5-2-3-7-16)6-4-11(10)13-9-14-12/h9,16H,2-8H2,1H3. The van der Waals surface area contributed by atoms with E-state index in [0.29, 0.717) is 5.88 Å². The number of fused-ring (bicyclic) bond motifs is 1. The van der Waals surface area contributed by atoms with Crippen molar-refractivity contribution in [1.29, 1.82) is 0 Å². The predicted octanol–water partition coefficient (Wildman–Crippen LogP) is 0.616. The molecule has 1 aliphatic rings. The lowest BCUT2D eigenvalue weighted by Gasteiger charge is -2.28. The molecule has 94 valence electrons. The van der Waals surface area contributed by atoms with Gasteiger partial charge >= 0.3 is 0 Å². The van der Waals surface area contributed by atoms with Gasteiger partial charge in [-0.3, -0.25) is 4.90 Å². The minimum atomic E-state index is 0.275. The third kappa shape index (κ3) is 2.92. The number of aliphatic hydroxyl groups excluding tert-OH is 1. The van der Waals surface area contributed by atoms with Gasteiger partial charge in [-0.25, -0.2) is 9.97 Å². The number of unbranched alkanes of at least 4 members (excludes halogenated alkanes) is 1. The maximum atomic E-state index is 8.78. The van der Waals surface area contributed by atoms with E-state index >= 15 is 0 Å². The molecule has 0 saturated carbocycles. The van der Waals surface area contributed by atoms with Crippen LogP contribution in [0, 0.1) is 0 Å². The topological polar surface area (TPSA) is 58.5 Å². The van der Waals surface area contributed by atoms with Gasteiger partial charge in [0.15, 0.2) is 0 Å². The van der Waals surface area contributed by atoms with Crippen molar-refractivity contribution < 1.29 is 9.84 Å². The smallest absolute Gasteiger partial charge is 0.220 e. The van der Waals surface area contributed by atoms with Gasteiger partial charge in [0, 0.05) is 31.7 Å². The van der Waals surface area contributed by atoms with E-state index in [1.165, 1.54) is 0 Å². The van der Waals surface area contributed by atoms with Crippen LogP contribution in [-0.4, -0.2) is 46.8 Å². The van der Waals surface area contributed by atoms with E-state index in [4.69, 9.17) is 9.84 Å². The van der Waals surface area contributed by atoms with Crippen LogP contribution in [0.3, 0.4) is 0 Å². The first-order valence-corrected chi connectivity index (χ1v) is 6.05. The van der Waals surface area contributed by atoms with Crippen molar-refractivity contribution in [3.05, 3.63) is 17.6 Å². The number of aromatic nitrogens is 2. The second kappa shape index (κ2) is 5.93. The summed E-state index contributed by atoms with van der Waals surface area (Å²) < 4.78 is 5.27. The highest BCUT2D eigenvalue weighted by atomic mass is 16.5. The molecular weight excluding hydrogens is 218 g/mol. The number of rotatable bonds is 5. The maximum absolute atomic E-state index is 8.78. The Kier molecular flexibility index (Phi) is 4.28. The predicted molar refractivity (Wildman–Crippen MR) is 63.9 cm³/mol. The zero-order chi connectivity index (χ0) is 12.1. The van der Waals surface area contributed by atoms with Crippen LogP contribution >= 0.6 is 0 Å². The summed E-state index contributed by atoms with van der Waals surface area (Å²) in [7, 11) is 1.65. The van der Waals surface area contributed by atoms with Gasteiger partial charge in [-0.2, -0.15) is 0 Å². The van der Waals surface area contributed by atoms with Crippen molar-refractivity contribution in [2.45, 2.75) is 25.8 Å². The number of hydrogen-bond acceptors (Lipinski definition) is 5. The lowest BCUT2D eigenvalue weighted by molar-refractivity contribution is 0.223. The fourth-order valence-electron chi connectivity index (χ4n) is 2.19. The van der Waals surface area contributed by atoms with Crippen LogP contribution in [0.25, 0.3) is 0 Å². The Balaban J connectivity index is 2.01. The molecule has 0 spiro atoms. The van der Waals surface area contributed by atoms with Gasteiger partial charge in [0.05, 0.1) is 12.8 Å². The molecule has 5 nitrogen and oxygen atoms in total. The summed E-state index contributed by atoms with van der Waals surface area (Å²) in [5.74, 6) is 0.696. The van der Waals surface area contributed by atoms with E-state index in [0.717, 1.165) is 50.2 Å². The molecule has 17 heavy (non-hydrogen) atoms. The van der Waals surface area contributed by atoms with Crippen molar-refractivity contribution >= 4 is 0 Å². The van der Waals surface area contributed by atoms with Gasteiger partial charge in [0.25, 0.3) is 0 Å². The second-order valence-electron chi connectivity index (χ2n) is 4.27. The van der Waals surface area contributed by atoms with Crippen LogP contribution in [0.2, 0.25) is 0 Å². The molecule has 1 aliphatic heterocycles. The minimum absolute atomic E-state index is 0.275. The normalized spacial score (nSPS) is 15.6. The monoisotopic (exact) mass is 237 g/mol. The Morgan fingerprint density at radius 3 is 3.06 bits per heavy atom. The molecule has 0 amide bonds. The number of aliphatic hydroxyl groups is 1. The number of nitrogens with zero attached hydrogens (tertiary/aromatic N) is 3. The minimum Gasteiger partial charge on any atom is -0.481 e. The molecule has 0 aliphatic carbocycles. The van der Waals surface area contributed by atoms with Crippen LogP contribution < -0.4 is 4.74 Å². The van der Waals surface area contributed by atoms with E-state index < -0.39 is 0 Å². The molecular formula is C12H19N3O2. The number of hydrogen-bond donors (Lipinski definition) is 1. The van der Waals surface area contributed by atoms with Gasteiger partial charge in [-0.15, -0.1) is 0 Å². The highest BCUT2D eigenvalue weighted by molar-refractivity contribution is 5.31. The zero-order valence-corrected chi connectivity index (χ0v) is 10.2. The lowest BCUT2D eigenvalue weighted by atomic mass is 10.1. The Morgan fingerprint density at radius 1 is 1.41 bits per heavy atom. The first kappa shape index (κ1) is 12.3. The molecule has 0 bridgehead atoms. The molecule has 2 heterocycles. The molecule has 2 rings (SSSR count). The van der Waals surface area contributed by atoms with Crippen molar-refractivity contribution in [2.24, 2.45) is 0 Å². The van der Waals surface area contributed by atoms with Gasteiger partial charge in [0.1, 0.15) is 6.33 Å². The van der Waals surface area contributed by atoms with Gasteiger partial charge in [0.2, 0.25) is 5.88 Å². The largest absolute Gasteiger partial charge is 0.481 e. The third-order valence-corrected chi connectivity index (χ3v) is 3.12. The van der Waals surface area contributed by atoms with Crippen LogP contribution in [0.1, 0.15) is 24.1 Å². The molecule has 1 aromatic heterocycles. The molecule has 0 fully saturated rings. The molecule has 1 N–H and O–H groups in total. The number of methoxy groups -OCH3 is 1. The summed E-state index contributed by atoms with van der Waals surface area (Å²) in [6.45, 7) is 3.16. The van der Waals surface area contributed by atoms with Crippen LogP contribution in [0.5, 0.6) is 5.88 Å². The Bertz CT molecular complexity index is 357. The van der Waals surface area contributed by atoms with E-state index in [9.17, 15) is 0 Å². The van der Waals surface area contributed by atoms with Crippen molar-refractivity contribution in [3.63, 3.8) is 0 Å². The Hall–Kier alpha value is -1.20. The molecule has 0 aromatic carbocycles. The van der Waals surface area contributed by atoms with Crippen molar-refractivity contribution in [1.82, 2.24) is 14.9 Å². The van der Waals surface area contributed by atoms with E-state index in [1.807, 2.05) is 0 Å². The molecule has 0 atom stereocenters. The summed E-state index contributed by atoms with van der Waals surface area (Å²) in [6.07, 6.45) is 4.42. The average molecular weight is 237 g/mol. The Labute approximate surface area is 101 Å². The highest BCUT2D eigenvalue weighted by Gasteiger charge is 2.20. The fraction of sp³-hybridized carbons (Fsp3) is 0.667. The summed E-state index contributed by atoms with van der Waals surface area (Å²) >= 11 is 0. The summed E-state index contributed by atoms with van der Waals surface area (Å²) in [6, 6.07) is 0. The van der Waals surface area contributed by atoms with E-state index in [-0.39, 0.29) is 6.61 Å². The van der Waals surface area contributed by atoms with Crippen molar-refractivity contribution in [3.8, 4) is 5.88 Å². The maximum Gasteiger partial charge on any atom is 0.220 e. The van der Waals surface area contributed by atoms with Gasteiger partial charge < -0.3 is 9.84 Å². The second-order valence-corrected chi connectivity index (χ2v) is 4.27. The molecule has 0 unspecified atom stereocenters. The third-order valence-electron chi connectivity index (χ3n) is 3.12. The van der Waals surface area contributed by atoms with Crippen LogP contribution in [-0.2, 0) is 13.0 Å². The molecule has 5 heteroatoms. The van der Waals surface area contributed by atoms with Gasteiger partial charge in [-0.1, -0.05) is 0 Å². The zero-order valence-electron chi connectivity index (χ0n) is 10.2. The lowest BCUT2D eigenvalue weighted by Crippen LogP contribution is -2.32. The van der Waals surface area contributed by atoms with Crippen molar-refractivity contribution in [2.75, 3.05) is 26.8 Å². The Morgan fingerprint density at radius 2 is 2.29 bits per heavy atom. The molecule has 1 aromatic rings. The first-order chi connectivity index (χ1) is 8.35. The first-order valence-electron chi connectivity index (χ1n) is 6.05. The van der Waals surface area contributed by atoms with Crippen LogP contribution in [0.15, 0.2) is 6.33 Å². The fourth-order valence-corrected chi connectivity index (χ4v) is 2.19. The van der Waals surface area contributed by atoms with Crippen LogP contribution in [0.4, 0.5) is 0 Å². The summed E-state index contributed by atoms with van der Waals surface area (Å²) in [4.78, 5) is 10.8. The highest BCUT2D eigenvalue weighted by Crippen LogP contribution is 2.24.